The summed E-state index contributed by atoms with van der Waals surface area (Å²) in [4.78, 5) is 14.5. The number of urea groups is 1. The highest BCUT2D eigenvalue weighted by Crippen LogP contribution is 2.20. The first kappa shape index (κ1) is 21.2. The number of rotatable bonds is 7. The number of hydrogen-bond acceptors (Lipinski definition) is 4. The number of anilines is 1. The molecule has 0 bridgehead atoms. The van der Waals surface area contributed by atoms with Gasteiger partial charge in [0.25, 0.3) is 0 Å². The van der Waals surface area contributed by atoms with Gasteiger partial charge in [-0.15, -0.1) is 0 Å². The lowest BCUT2D eigenvalue weighted by Gasteiger charge is -2.29. The Hall–Kier alpha value is -2.06. The number of carbonyl (C=O) groups excluding carboxylic acids is 1. The number of nitrogens with one attached hydrogen (secondary N) is 1. The molecule has 0 fully saturated rings. The Morgan fingerprint density at radius 1 is 1.22 bits per heavy atom. The maximum atomic E-state index is 12.8. The van der Waals surface area contributed by atoms with E-state index in [1.165, 1.54) is 0 Å². The van der Waals surface area contributed by atoms with Gasteiger partial charge in [0.1, 0.15) is 5.75 Å². The molecule has 1 N–H and O–H groups in total. The van der Waals surface area contributed by atoms with Crippen molar-refractivity contribution in [2.24, 2.45) is 0 Å². The first-order chi connectivity index (χ1) is 12.7. The second kappa shape index (κ2) is 9.23. The minimum absolute atomic E-state index is 0.00312. The van der Waals surface area contributed by atoms with E-state index in [2.05, 4.69) is 21.2 Å². The van der Waals surface area contributed by atoms with E-state index < -0.39 is 10.1 Å². The standard InChI is InChI=1S/C19H23BrN2O4S/c1-4-14(2)22(19(23)21-17-9-6-8-16(20)12-17)13-15-7-5-10-18(11-15)26-27(3,24)25/h5-12,14H,4,13H2,1-3H3,(H,21,23). The monoisotopic (exact) mass is 454 g/mol. The molecule has 2 rings (SSSR count). The minimum atomic E-state index is -3.60. The van der Waals surface area contributed by atoms with E-state index in [4.69, 9.17) is 4.18 Å². The predicted molar refractivity (Wildman–Crippen MR) is 110 cm³/mol. The third kappa shape index (κ3) is 6.88. The second-order valence-electron chi connectivity index (χ2n) is 6.26. The molecule has 27 heavy (non-hydrogen) atoms. The molecule has 1 unspecified atom stereocenters. The number of benzene rings is 2. The number of nitrogens with zero attached hydrogens (tertiary/aromatic N) is 1. The summed E-state index contributed by atoms with van der Waals surface area (Å²) < 4.78 is 28.5. The average molecular weight is 455 g/mol. The zero-order chi connectivity index (χ0) is 20.0. The summed E-state index contributed by atoms with van der Waals surface area (Å²) in [7, 11) is -3.60. The van der Waals surface area contributed by atoms with Gasteiger partial charge in [0, 0.05) is 22.7 Å². The van der Waals surface area contributed by atoms with Crippen LogP contribution in [0.4, 0.5) is 10.5 Å². The summed E-state index contributed by atoms with van der Waals surface area (Å²) in [6.45, 7) is 4.31. The number of halogens is 1. The highest BCUT2D eigenvalue weighted by Gasteiger charge is 2.20. The van der Waals surface area contributed by atoms with Gasteiger partial charge in [-0.1, -0.05) is 41.1 Å². The Bertz CT molecular complexity index is 902. The topological polar surface area (TPSA) is 75.7 Å². The third-order valence-corrected chi connectivity index (χ3v) is 4.95. The van der Waals surface area contributed by atoms with Crippen LogP contribution in [0.1, 0.15) is 25.8 Å². The van der Waals surface area contributed by atoms with Crippen LogP contribution in [0.2, 0.25) is 0 Å². The Balaban J connectivity index is 2.19. The van der Waals surface area contributed by atoms with Gasteiger partial charge in [0.05, 0.1) is 6.26 Å². The molecular weight excluding hydrogens is 432 g/mol. The molecule has 0 aromatic heterocycles. The molecule has 2 amide bonds. The molecule has 2 aromatic carbocycles. The Morgan fingerprint density at radius 3 is 2.56 bits per heavy atom. The largest absolute Gasteiger partial charge is 0.383 e. The molecule has 0 aliphatic carbocycles. The highest BCUT2D eigenvalue weighted by molar-refractivity contribution is 9.10. The lowest BCUT2D eigenvalue weighted by molar-refractivity contribution is 0.187. The van der Waals surface area contributed by atoms with Crippen molar-refractivity contribution in [1.29, 1.82) is 0 Å². The fourth-order valence-corrected chi connectivity index (χ4v) is 3.33. The van der Waals surface area contributed by atoms with Gasteiger partial charge < -0.3 is 14.4 Å². The van der Waals surface area contributed by atoms with Crippen LogP contribution in [0.15, 0.2) is 53.0 Å². The van der Waals surface area contributed by atoms with Crippen molar-refractivity contribution < 1.29 is 17.4 Å². The van der Waals surface area contributed by atoms with Gasteiger partial charge in [-0.3, -0.25) is 0 Å². The first-order valence-corrected chi connectivity index (χ1v) is 11.1. The Kier molecular flexibility index (Phi) is 7.26. The van der Waals surface area contributed by atoms with E-state index in [-0.39, 0.29) is 17.8 Å². The second-order valence-corrected chi connectivity index (χ2v) is 8.75. The summed E-state index contributed by atoms with van der Waals surface area (Å²) in [5, 5.41) is 2.90. The van der Waals surface area contributed by atoms with Crippen molar-refractivity contribution in [2.45, 2.75) is 32.9 Å². The van der Waals surface area contributed by atoms with E-state index in [1.54, 1.807) is 23.1 Å². The molecule has 146 valence electrons. The Labute approximate surface area is 168 Å². The van der Waals surface area contributed by atoms with Crippen LogP contribution in [0.25, 0.3) is 0 Å². The molecule has 2 aromatic rings. The lowest BCUT2D eigenvalue weighted by atomic mass is 10.1. The number of carbonyl (C=O) groups is 1. The molecule has 0 heterocycles. The van der Waals surface area contributed by atoms with Crippen LogP contribution in [-0.2, 0) is 16.7 Å². The quantitative estimate of drug-likeness (QED) is 0.619. The SMILES string of the molecule is CCC(C)N(Cc1cccc(OS(C)(=O)=O)c1)C(=O)Nc1cccc(Br)c1. The van der Waals surface area contributed by atoms with Crippen LogP contribution in [-0.4, -0.2) is 31.6 Å². The summed E-state index contributed by atoms with van der Waals surface area (Å²) in [6.07, 6.45) is 1.78. The third-order valence-electron chi connectivity index (χ3n) is 3.96. The van der Waals surface area contributed by atoms with Gasteiger partial charge in [-0.2, -0.15) is 8.42 Å². The smallest absolute Gasteiger partial charge is 0.322 e. The van der Waals surface area contributed by atoms with E-state index in [9.17, 15) is 13.2 Å². The van der Waals surface area contributed by atoms with E-state index in [1.807, 2.05) is 44.2 Å². The zero-order valence-electron chi connectivity index (χ0n) is 15.5. The average Bonchev–Trinajstić information content (AvgIpc) is 2.57. The van der Waals surface area contributed by atoms with Crippen molar-refractivity contribution in [3.63, 3.8) is 0 Å². The van der Waals surface area contributed by atoms with Gasteiger partial charge >= 0.3 is 16.1 Å². The molecule has 0 aliphatic heterocycles. The first-order valence-electron chi connectivity index (χ1n) is 8.49. The fraction of sp³-hybridized carbons (Fsp3) is 0.316. The van der Waals surface area contributed by atoms with Gasteiger partial charge in [0.2, 0.25) is 0 Å². The highest BCUT2D eigenvalue weighted by atomic mass is 79.9. The molecule has 0 spiro atoms. The maximum Gasteiger partial charge on any atom is 0.322 e. The van der Waals surface area contributed by atoms with Gasteiger partial charge in [-0.05, 0) is 49.2 Å². The molecule has 0 aliphatic rings. The fourth-order valence-electron chi connectivity index (χ4n) is 2.48. The molecular formula is C19H23BrN2O4S. The van der Waals surface area contributed by atoms with E-state index in [0.29, 0.717) is 12.2 Å². The molecule has 6 nitrogen and oxygen atoms in total. The summed E-state index contributed by atoms with van der Waals surface area (Å²) >= 11 is 3.39. The predicted octanol–water partition coefficient (Wildman–Crippen LogP) is 4.62. The van der Waals surface area contributed by atoms with Gasteiger partial charge in [-0.25, -0.2) is 4.79 Å². The number of hydrogen-bond donors (Lipinski definition) is 1. The van der Waals surface area contributed by atoms with Crippen LogP contribution in [0, 0.1) is 0 Å². The van der Waals surface area contributed by atoms with E-state index in [0.717, 1.165) is 22.7 Å². The number of amides is 2. The maximum absolute atomic E-state index is 12.8. The van der Waals surface area contributed by atoms with Crippen molar-refractivity contribution in [3.8, 4) is 5.75 Å². The Morgan fingerprint density at radius 2 is 1.93 bits per heavy atom. The lowest BCUT2D eigenvalue weighted by Crippen LogP contribution is -2.40. The van der Waals surface area contributed by atoms with Crippen LogP contribution < -0.4 is 9.50 Å². The van der Waals surface area contributed by atoms with Crippen LogP contribution in [0.3, 0.4) is 0 Å². The molecule has 8 heteroatoms. The van der Waals surface area contributed by atoms with Crippen molar-refractivity contribution in [2.75, 3.05) is 11.6 Å². The van der Waals surface area contributed by atoms with Crippen molar-refractivity contribution in [3.05, 3.63) is 58.6 Å². The summed E-state index contributed by atoms with van der Waals surface area (Å²) in [5.41, 5.74) is 1.47. The van der Waals surface area contributed by atoms with E-state index >= 15 is 0 Å². The van der Waals surface area contributed by atoms with Gasteiger partial charge in [0.15, 0.2) is 0 Å². The minimum Gasteiger partial charge on any atom is -0.383 e. The molecule has 0 saturated carbocycles. The molecule has 0 saturated heterocycles. The zero-order valence-corrected chi connectivity index (χ0v) is 17.9. The summed E-state index contributed by atoms with van der Waals surface area (Å²) in [6, 6.07) is 13.9. The normalized spacial score (nSPS) is 12.3. The summed E-state index contributed by atoms with van der Waals surface area (Å²) in [5.74, 6) is 0.228. The molecule has 1 atom stereocenters. The molecule has 0 radical (unpaired) electrons. The van der Waals surface area contributed by atoms with Crippen molar-refractivity contribution >= 4 is 37.8 Å². The van der Waals surface area contributed by atoms with Crippen LogP contribution >= 0.6 is 15.9 Å². The van der Waals surface area contributed by atoms with Crippen molar-refractivity contribution in [1.82, 2.24) is 4.90 Å². The van der Waals surface area contributed by atoms with Crippen LogP contribution in [0.5, 0.6) is 5.75 Å².